The van der Waals surface area contributed by atoms with Gasteiger partial charge in [-0.2, -0.15) is 10.4 Å². The number of aromatic nitrogens is 2. The molecule has 74 valence electrons. The fourth-order valence-electron chi connectivity index (χ4n) is 0.939. The molecule has 0 unspecified atom stereocenters. The zero-order chi connectivity index (χ0) is 10.4. The molecule has 0 aliphatic carbocycles. The summed E-state index contributed by atoms with van der Waals surface area (Å²) in [4.78, 5) is 11.1. The molecule has 0 saturated heterocycles. The highest BCUT2D eigenvalue weighted by atomic mass is 16.2. The van der Waals surface area contributed by atoms with E-state index in [-0.39, 0.29) is 19.0 Å². The van der Waals surface area contributed by atoms with Gasteiger partial charge in [0.1, 0.15) is 13.1 Å². The second-order valence-corrected chi connectivity index (χ2v) is 2.69. The van der Waals surface area contributed by atoms with Crippen molar-refractivity contribution in [1.29, 1.82) is 5.26 Å². The molecule has 6 heteroatoms. The first-order valence-electron chi connectivity index (χ1n) is 4.11. The quantitative estimate of drug-likeness (QED) is 0.598. The molecule has 1 aromatic heterocycles. The van der Waals surface area contributed by atoms with Gasteiger partial charge in [0.15, 0.2) is 0 Å². The SMILES string of the molecule is N#CCNC(=O)Cn1cc(CN)cn1. The summed E-state index contributed by atoms with van der Waals surface area (Å²) in [5.74, 6) is -0.238. The third-order valence-corrected chi connectivity index (χ3v) is 1.59. The zero-order valence-corrected chi connectivity index (χ0v) is 7.60. The van der Waals surface area contributed by atoms with Crippen LogP contribution in [0.5, 0.6) is 0 Å². The molecule has 3 N–H and O–H groups in total. The van der Waals surface area contributed by atoms with E-state index < -0.39 is 0 Å². The van der Waals surface area contributed by atoms with E-state index in [9.17, 15) is 4.79 Å². The summed E-state index contributed by atoms with van der Waals surface area (Å²) in [5.41, 5.74) is 6.25. The molecule has 0 aliphatic heterocycles. The molecule has 1 heterocycles. The number of nitriles is 1. The highest BCUT2D eigenvalue weighted by Crippen LogP contribution is 1.94. The smallest absolute Gasteiger partial charge is 0.242 e. The van der Waals surface area contributed by atoms with Crippen LogP contribution in [0.1, 0.15) is 5.56 Å². The molecule has 1 rings (SSSR count). The molecule has 0 aromatic carbocycles. The van der Waals surface area contributed by atoms with Gasteiger partial charge in [-0.25, -0.2) is 0 Å². The Morgan fingerprint density at radius 2 is 2.57 bits per heavy atom. The summed E-state index contributed by atoms with van der Waals surface area (Å²) < 4.78 is 1.48. The van der Waals surface area contributed by atoms with Crippen molar-refractivity contribution in [2.45, 2.75) is 13.1 Å². The third-order valence-electron chi connectivity index (χ3n) is 1.59. The van der Waals surface area contributed by atoms with Gasteiger partial charge >= 0.3 is 0 Å². The van der Waals surface area contributed by atoms with Crippen LogP contribution >= 0.6 is 0 Å². The molecule has 0 spiro atoms. The lowest BCUT2D eigenvalue weighted by Gasteiger charge is -2.00. The van der Waals surface area contributed by atoms with Crippen molar-refractivity contribution in [3.63, 3.8) is 0 Å². The van der Waals surface area contributed by atoms with Crippen LogP contribution in [0, 0.1) is 11.3 Å². The van der Waals surface area contributed by atoms with E-state index in [1.54, 1.807) is 12.4 Å². The number of nitrogens with one attached hydrogen (secondary N) is 1. The van der Waals surface area contributed by atoms with Crippen molar-refractivity contribution in [1.82, 2.24) is 15.1 Å². The molecule has 0 radical (unpaired) electrons. The molecule has 0 aliphatic rings. The lowest BCUT2D eigenvalue weighted by molar-refractivity contribution is -0.121. The van der Waals surface area contributed by atoms with Crippen LogP contribution in [0.2, 0.25) is 0 Å². The summed E-state index contributed by atoms with van der Waals surface area (Å²) >= 11 is 0. The Kier molecular flexibility index (Phi) is 3.64. The Bertz CT molecular complexity index is 351. The Balaban J connectivity index is 2.44. The first kappa shape index (κ1) is 10.2. The van der Waals surface area contributed by atoms with E-state index in [4.69, 9.17) is 11.0 Å². The predicted octanol–water partition coefficient (Wildman–Crippen LogP) is -1.02. The molecule has 0 saturated carbocycles. The summed E-state index contributed by atoms with van der Waals surface area (Å²) in [5, 5.41) is 14.6. The van der Waals surface area contributed by atoms with Crippen molar-refractivity contribution < 1.29 is 4.79 Å². The molecular weight excluding hydrogens is 182 g/mol. The van der Waals surface area contributed by atoms with Gasteiger partial charge in [0, 0.05) is 18.3 Å². The first-order valence-corrected chi connectivity index (χ1v) is 4.11. The fraction of sp³-hybridized carbons (Fsp3) is 0.375. The lowest BCUT2D eigenvalue weighted by Crippen LogP contribution is -2.27. The first-order chi connectivity index (χ1) is 6.76. The van der Waals surface area contributed by atoms with Crippen molar-refractivity contribution in [3.05, 3.63) is 18.0 Å². The minimum atomic E-state index is -0.238. The highest BCUT2D eigenvalue weighted by molar-refractivity contribution is 5.75. The van der Waals surface area contributed by atoms with Gasteiger partial charge < -0.3 is 11.1 Å². The summed E-state index contributed by atoms with van der Waals surface area (Å²) in [7, 11) is 0. The number of carbonyl (C=O) groups is 1. The Hall–Kier alpha value is -1.87. The van der Waals surface area contributed by atoms with Crippen molar-refractivity contribution >= 4 is 5.91 Å². The van der Waals surface area contributed by atoms with Gasteiger partial charge in [-0.1, -0.05) is 0 Å². The zero-order valence-electron chi connectivity index (χ0n) is 7.60. The maximum atomic E-state index is 11.1. The Labute approximate surface area is 81.3 Å². The molecular formula is C8H11N5O. The number of nitrogens with two attached hydrogens (primary N) is 1. The number of amides is 1. The van der Waals surface area contributed by atoms with E-state index in [1.165, 1.54) is 4.68 Å². The number of hydrogen-bond acceptors (Lipinski definition) is 4. The summed E-state index contributed by atoms with van der Waals surface area (Å²) in [6, 6.07) is 1.82. The molecule has 0 bridgehead atoms. The van der Waals surface area contributed by atoms with Crippen LogP contribution < -0.4 is 11.1 Å². The predicted molar refractivity (Wildman–Crippen MR) is 48.7 cm³/mol. The molecule has 6 nitrogen and oxygen atoms in total. The average Bonchev–Trinajstić information content (AvgIpc) is 2.62. The van der Waals surface area contributed by atoms with Gasteiger partial charge in [-0.05, 0) is 0 Å². The van der Waals surface area contributed by atoms with Crippen molar-refractivity contribution in [2.24, 2.45) is 5.73 Å². The Morgan fingerprint density at radius 3 is 3.14 bits per heavy atom. The monoisotopic (exact) mass is 193 g/mol. The van der Waals surface area contributed by atoms with Crippen LogP contribution in [0.3, 0.4) is 0 Å². The van der Waals surface area contributed by atoms with E-state index >= 15 is 0 Å². The lowest BCUT2D eigenvalue weighted by atomic mass is 10.4. The molecule has 14 heavy (non-hydrogen) atoms. The van der Waals surface area contributed by atoms with Crippen molar-refractivity contribution in [2.75, 3.05) is 6.54 Å². The van der Waals surface area contributed by atoms with Crippen LogP contribution in [0.25, 0.3) is 0 Å². The van der Waals surface area contributed by atoms with E-state index in [1.807, 2.05) is 6.07 Å². The second kappa shape index (κ2) is 4.99. The highest BCUT2D eigenvalue weighted by Gasteiger charge is 2.02. The van der Waals surface area contributed by atoms with Crippen LogP contribution in [-0.4, -0.2) is 22.2 Å². The van der Waals surface area contributed by atoms with Gasteiger partial charge in [0.2, 0.25) is 5.91 Å². The number of rotatable bonds is 4. The molecule has 0 fully saturated rings. The summed E-state index contributed by atoms with van der Waals surface area (Å²) in [6.07, 6.45) is 3.31. The molecule has 1 aromatic rings. The number of hydrogen-bond donors (Lipinski definition) is 2. The minimum Gasteiger partial charge on any atom is -0.341 e. The minimum absolute atomic E-state index is 0.0177. The maximum absolute atomic E-state index is 11.1. The third kappa shape index (κ3) is 2.88. The number of carbonyl (C=O) groups excluding carboxylic acids is 1. The van der Waals surface area contributed by atoms with Gasteiger partial charge in [-0.15, -0.1) is 0 Å². The van der Waals surface area contributed by atoms with Gasteiger partial charge in [0.05, 0.1) is 12.3 Å². The maximum Gasteiger partial charge on any atom is 0.242 e. The van der Waals surface area contributed by atoms with Crippen molar-refractivity contribution in [3.8, 4) is 6.07 Å². The van der Waals surface area contributed by atoms with E-state index in [0.29, 0.717) is 6.54 Å². The van der Waals surface area contributed by atoms with E-state index in [0.717, 1.165) is 5.56 Å². The molecule has 1 amide bonds. The van der Waals surface area contributed by atoms with Crippen LogP contribution in [-0.2, 0) is 17.9 Å². The van der Waals surface area contributed by atoms with Crippen LogP contribution in [0.15, 0.2) is 12.4 Å². The summed E-state index contributed by atoms with van der Waals surface area (Å²) in [6.45, 7) is 0.533. The largest absolute Gasteiger partial charge is 0.341 e. The Morgan fingerprint density at radius 1 is 1.79 bits per heavy atom. The standard InChI is InChI=1S/C8H11N5O/c9-1-2-11-8(14)6-13-5-7(3-10)4-12-13/h4-5H,2-3,6,10H2,(H,11,14). The topological polar surface area (TPSA) is 96.7 Å². The van der Waals surface area contributed by atoms with Gasteiger partial charge in [0.25, 0.3) is 0 Å². The van der Waals surface area contributed by atoms with Crippen LogP contribution in [0.4, 0.5) is 0 Å². The fourth-order valence-corrected chi connectivity index (χ4v) is 0.939. The normalized spacial score (nSPS) is 9.43. The average molecular weight is 193 g/mol. The van der Waals surface area contributed by atoms with E-state index in [2.05, 4.69) is 10.4 Å². The second-order valence-electron chi connectivity index (χ2n) is 2.69. The number of nitrogens with zero attached hydrogens (tertiary/aromatic N) is 3. The molecule has 0 atom stereocenters. The van der Waals surface area contributed by atoms with Gasteiger partial charge in [-0.3, -0.25) is 9.48 Å².